The number of hydrogen-bond donors (Lipinski definition) is 3. The van der Waals surface area contributed by atoms with Crippen LogP contribution in [-0.2, 0) is 13.0 Å². The number of hydrogen-bond acceptors (Lipinski definition) is 3. The Kier molecular flexibility index (Phi) is 4.19. The maximum Gasteiger partial charge on any atom is 0.172 e. The van der Waals surface area contributed by atoms with Gasteiger partial charge >= 0.3 is 0 Å². The van der Waals surface area contributed by atoms with Gasteiger partial charge in [-0.15, -0.1) is 0 Å². The van der Waals surface area contributed by atoms with E-state index in [0.717, 1.165) is 30.5 Å². The Bertz CT molecular complexity index is 995. The molecule has 4 rings (SSSR count). The van der Waals surface area contributed by atoms with Gasteiger partial charge in [-0.05, 0) is 24.6 Å². The quantitative estimate of drug-likeness (QED) is 0.504. The predicted molar refractivity (Wildman–Crippen MR) is 100 cm³/mol. The molecule has 2 atom stereocenters. The predicted octanol–water partition coefficient (Wildman–Crippen LogP) is 2.39. The number of aliphatic hydroxyl groups is 1. The molecule has 5 heteroatoms. The summed E-state index contributed by atoms with van der Waals surface area (Å²) in [7, 11) is 0. The zero-order chi connectivity index (χ0) is 18.1. The minimum absolute atomic E-state index is 0.0981. The fourth-order valence-corrected chi connectivity index (χ4v) is 3.68. The number of para-hydroxylation sites is 2. The summed E-state index contributed by atoms with van der Waals surface area (Å²) in [5, 5.41) is 20.5. The number of nitrogens with one attached hydrogen (secondary N) is 2. The average Bonchev–Trinajstić information content (AvgIpc) is 3.11. The van der Waals surface area contributed by atoms with Crippen molar-refractivity contribution < 1.29 is 10.0 Å². The molecule has 5 nitrogen and oxygen atoms in total. The monoisotopic (exact) mass is 345 g/mol. The summed E-state index contributed by atoms with van der Waals surface area (Å²) in [5.74, 6) is 0.524. The molecule has 0 fully saturated rings. The van der Waals surface area contributed by atoms with E-state index >= 15 is 0 Å². The molecule has 0 aliphatic carbocycles. The summed E-state index contributed by atoms with van der Waals surface area (Å²) in [6, 6.07) is 18.0. The van der Waals surface area contributed by atoms with Crippen LogP contribution in [0.1, 0.15) is 23.9 Å². The summed E-state index contributed by atoms with van der Waals surface area (Å²) in [4.78, 5) is 8.86. The van der Waals surface area contributed by atoms with Crippen LogP contribution in [0.3, 0.4) is 0 Å². The fourth-order valence-electron chi connectivity index (χ4n) is 3.68. The number of nitrogens with zero attached hydrogens (tertiary/aromatic N) is 2. The Labute approximate surface area is 152 Å². The molecular formula is C21H21N4O+. The summed E-state index contributed by atoms with van der Waals surface area (Å²) in [6.45, 7) is 3.75. The van der Waals surface area contributed by atoms with Gasteiger partial charge in [-0.25, -0.2) is 4.98 Å². The minimum atomic E-state index is -0.175. The molecule has 1 aromatic heterocycles. The third-order valence-electron chi connectivity index (χ3n) is 5.27. The Morgan fingerprint density at radius 2 is 1.92 bits per heavy atom. The lowest BCUT2D eigenvalue weighted by atomic mass is 9.98. The molecule has 0 amide bonds. The summed E-state index contributed by atoms with van der Waals surface area (Å²) in [5.41, 5.74) is 4.56. The highest BCUT2D eigenvalue weighted by molar-refractivity contribution is 5.82. The molecule has 1 aliphatic heterocycles. The molecule has 0 saturated carbocycles. The van der Waals surface area contributed by atoms with E-state index in [2.05, 4.69) is 40.3 Å². The van der Waals surface area contributed by atoms with Gasteiger partial charge in [0.25, 0.3) is 0 Å². The van der Waals surface area contributed by atoms with Crippen LogP contribution in [0.2, 0.25) is 0 Å². The Morgan fingerprint density at radius 1 is 1.19 bits per heavy atom. The average molecular weight is 345 g/mol. The molecule has 3 aromatic rings. The number of aromatic amines is 1. The van der Waals surface area contributed by atoms with E-state index in [4.69, 9.17) is 0 Å². The lowest BCUT2D eigenvalue weighted by Gasteiger charge is -2.30. The molecular weight excluding hydrogens is 324 g/mol. The fraction of sp³-hybridized carbons (Fsp3) is 0.238. The van der Waals surface area contributed by atoms with Crippen LogP contribution in [0.4, 0.5) is 0 Å². The van der Waals surface area contributed by atoms with Crippen molar-refractivity contribution >= 4 is 16.6 Å². The van der Waals surface area contributed by atoms with Crippen molar-refractivity contribution in [1.82, 2.24) is 9.97 Å². The molecule has 130 valence electrons. The van der Waals surface area contributed by atoms with Gasteiger partial charge in [0, 0.05) is 12.0 Å². The van der Waals surface area contributed by atoms with Gasteiger partial charge in [0.2, 0.25) is 0 Å². The first kappa shape index (κ1) is 16.4. The maximum atomic E-state index is 10.8. The van der Waals surface area contributed by atoms with Gasteiger partial charge in [0.1, 0.15) is 24.2 Å². The van der Waals surface area contributed by atoms with E-state index in [-0.39, 0.29) is 17.4 Å². The summed E-state index contributed by atoms with van der Waals surface area (Å²) in [6.07, 6.45) is 0.982. The number of quaternary nitrogens is 1. The van der Waals surface area contributed by atoms with Crippen LogP contribution < -0.4 is 4.90 Å². The highest BCUT2D eigenvalue weighted by atomic mass is 16.3. The van der Waals surface area contributed by atoms with Crippen LogP contribution >= 0.6 is 0 Å². The summed E-state index contributed by atoms with van der Waals surface area (Å²) >= 11 is 0. The highest BCUT2D eigenvalue weighted by Crippen LogP contribution is 2.20. The number of imidazole rings is 1. The van der Waals surface area contributed by atoms with Crippen molar-refractivity contribution in [2.24, 2.45) is 0 Å². The lowest BCUT2D eigenvalue weighted by molar-refractivity contribution is -0.934. The normalized spacial score (nSPS) is 18.7. The van der Waals surface area contributed by atoms with Gasteiger partial charge in [-0.1, -0.05) is 36.4 Å². The number of allylic oxidation sites excluding steroid dienone is 1. The molecule has 26 heavy (non-hydrogen) atoms. The van der Waals surface area contributed by atoms with Crippen LogP contribution in [-0.4, -0.2) is 27.7 Å². The van der Waals surface area contributed by atoms with Gasteiger partial charge < -0.3 is 15.0 Å². The third-order valence-corrected chi connectivity index (χ3v) is 5.27. The van der Waals surface area contributed by atoms with E-state index in [1.807, 2.05) is 31.2 Å². The van der Waals surface area contributed by atoms with Crippen molar-refractivity contribution in [3.63, 3.8) is 0 Å². The van der Waals surface area contributed by atoms with Gasteiger partial charge in [0.05, 0.1) is 17.6 Å². The largest absolute Gasteiger partial charge is 0.505 e. The first-order valence-corrected chi connectivity index (χ1v) is 8.87. The second kappa shape index (κ2) is 6.66. The first-order valence-electron chi connectivity index (χ1n) is 8.87. The standard InChI is InChI=1S/C21H20N4O/c1-14(25-11-10-15-6-2-3-7-16(15)13-25)20(26)17(12-22)21-23-18-8-4-5-9-19(18)24-21/h2-9,14,26H,10-11,13H2,1H3,(H,23,24)/p+1/b20-17-/t14-/m1/s1. The number of benzene rings is 2. The molecule has 1 aliphatic rings. The van der Waals surface area contributed by atoms with Crippen molar-refractivity contribution in [2.75, 3.05) is 6.54 Å². The topological polar surface area (TPSA) is 77.1 Å². The number of fused-ring (bicyclic) bond motifs is 2. The first-order chi connectivity index (χ1) is 12.7. The highest BCUT2D eigenvalue weighted by Gasteiger charge is 2.29. The molecule has 2 heterocycles. The lowest BCUT2D eigenvalue weighted by Crippen LogP contribution is -3.15. The van der Waals surface area contributed by atoms with E-state index in [1.54, 1.807) is 0 Å². The number of aliphatic hydroxyl groups excluding tert-OH is 1. The second-order valence-corrected chi connectivity index (χ2v) is 6.80. The van der Waals surface area contributed by atoms with Gasteiger partial charge in [-0.3, -0.25) is 0 Å². The minimum Gasteiger partial charge on any atom is -0.505 e. The van der Waals surface area contributed by atoms with Crippen molar-refractivity contribution in [2.45, 2.75) is 25.9 Å². The van der Waals surface area contributed by atoms with E-state index in [1.165, 1.54) is 16.0 Å². The Morgan fingerprint density at radius 3 is 2.69 bits per heavy atom. The van der Waals surface area contributed by atoms with Crippen LogP contribution in [0.25, 0.3) is 16.6 Å². The van der Waals surface area contributed by atoms with Crippen LogP contribution in [0.15, 0.2) is 54.3 Å². The smallest absolute Gasteiger partial charge is 0.172 e. The molecule has 0 radical (unpaired) electrons. The zero-order valence-corrected chi connectivity index (χ0v) is 14.7. The maximum absolute atomic E-state index is 10.8. The molecule has 0 bridgehead atoms. The van der Waals surface area contributed by atoms with E-state index in [0.29, 0.717) is 5.82 Å². The van der Waals surface area contributed by atoms with Crippen LogP contribution in [0, 0.1) is 11.3 Å². The molecule has 0 spiro atoms. The van der Waals surface area contributed by atoms with E-state index < -0.39 is 0 Å². The number of H-pyrrole nitrogens is 1. The zero-order valence-electron chi connectivity index (χ0n) is 14.7. The molecule has 0 saturated heterocycles. The van der Waals surface area contributed by atoms with Gasteiger partial charge in [0.15, 0.2) is 11.6 Å². The molecule has 3 N–H and O–H groups in total. The summed E-state index contributed by atoms with van der Waals surface area (Å²) < 4.78 is 0. The Hall–Kier alpha value is -3.10. The second-order valence-electron chi connectivity index (χ2n) is 6.80. The molecule has 1 unspecified atom stereocenters. The Balaban J connectivity index is 1.65. The number of aromatic nitrogens is 2. The van der Waals surface area contributed by atoms with Crippen molar-refractivity contribution in [3.05, 3.63) is 71.2 Å². The van der Waals surface area contributed by atoms with Crippen molar-refractivity contribution in [3.8, 4) is 6.07 Å². The SMILES string of the molecule is C[C@H](/C(O)=C(\C#N)c1nc2ccccc2[nH]1)[NH+]1CCc2ccccc2C1. The number of rotatable bonds is 3. The third kappa shape index (κ3) is 2.85. The van der Waals surface area contributed by atoms with E-state index in [9.17, 15) is 10.4 Å². The number of nitriles is 1. The van der Waals surface area contributed by atoms with Crippen molar-refractivity contribution in [1.29, 1.82) is 5.26 Å². The van der Waals surface area contributed by atoms with Crippen LogP contribution in [0.5, 0.6) is 0 Å². The molecule has 2 aromatic carbocycles. The van der Waals surface area contributed by atoms with Gasteiger partial charge in [-0.2, -0.15) is 5.26 Å².